The van der Waals surface area contributed by atoms with Crippen LogP contribution in [-0.2, 0) is 9.84 Å². The van der Waals surface area contributed by atoms with Crippen LogP contribution in [0.4, 0.5) is 5.69 Å². The van der Waals surface area contributed by atoms with Gasteiger partial charge in [-0.15, -0.1) is 0 Å². The lowest BCUT2D eigenvalue weighted by Gasteiger charge is -2.09. The van der Waals surface area contributed by atoms with Gasteiger partial charge in [-0.05, 0) is 48.5 Å². The van der Waals surface area contributed by atoms with Gasteiger partial charge >= 0.3 is 0 Å². The van der Waals surface area contributed by atoms with E-state index >= 15 is 0 Å². The summed E-state index contributed by atoms with van der Waals surface area (Å²) in [7, 11) is -3.16. The molecule has 0 saturated heterocycles. The van der Waals surface area contributed by atoms with Crippen molar-refractivity contribution in [1.29, 1.82) is 0 Å². The highest BCUT2D eigenvalue weighted by atomic mass is 35.5. The lowest BCUT2D eigenvalue weighted by Crippen LogP contribution is -2.11. The molecule has 0 aliphatic heterocycles. The van der Waals surface area contributed by atoms with Gasteiger partial charge in [-0.1, -0.05) is 11.6 Å². The number of halogens is 1. The number of rotatable bonds is 6. The lowest BCUT2D eigenvalue weighted by molar-refractivity contribution is 0.332. The fourth-order valence-corrected chi connectivity index (χ4v) is 2.47. The van der Waals surface area contributed by atoms with Crippen LogP contribution >= 0.6 is 11.6 Å². The minimum atomic E-state index is -3.16. The predicted molar refractivity (Wildman–Crippen MR) is 85.0 cm³/mol. The van der Waals surface area contributed by atoms with Gasteiger partial charge in [-0.2, -0.15) is 0 Å². The minimum Gasteiger partial charge on any atom is -0.492 e. The van der Waals surface area contributed by atoms with Crippen LogP contribution in [0.1, 0.15) is 0 Å². The van der Waals surface area contributed by atoms with E-state index in [1.807, 2.05) is 24.3 Å². The van der Waals surface area contributed by atoms with Crippen LogP contribution in [0.3, 0.4) is 0 Å². The highest BCUT2D eigenvalue weighted by molar-refractivity contribution is 7.90. The summed E-state index contributed by atoms with van der Waals surface area (Å²) >= 11 is 5.80. The van der Waals surface area contributed by atoms with Gasteiger partial charge in [0.25, 0.3) is 0 Å². The average Bonchev–Trinajstić information content (AvgIpc) is 2.45. The molecule has 0 spiro atoms. The van der Waals surface area contributed by atoms with Gasteiger partial charge in [0.1, 0.15) is 12.4 Å². The molecule has 0 aliphatic carbocycles. The Bertz CT molecular complexity index is 682. The predicted octanol–water partition coefficient (Wildman–Crippen LogP) is 3.23. The highest BCUT2D eigenvalue weighted by Crippen LogP contribution is 2.16. The summed E-state index contributed by atoms with van der Waals surface area (Å²) < 4.78 is 28.2. The summed E-state index contributed by atoms with van der Waals surface area (Å²) in [5.41, 5.74) is 0.968. The standard InChI is InChI=1S/C15H16ClNO3S/c1-21(18,19)15-8-6-14(7-9-15)20-11-10-17-13-4-2-12(16)3-5-13/h2-9,17H,10-11H2,1H3. The first-order chi connectivity index (χ1) is 9.95. The monoisotopic (exact) mass is 325 g/mol. The van der Waals surface area contributed by atoms with Crippen molar-refractivity contribution in [2.45, 2.75) is 4.90 Å². The van der Waals surface area contributed by atoms with Gasteiger partial charge in [0.15, 0.2) is 9.84 Å². The molecule has 1 N–H and O–H groups in total. The number of hydrogen-bond donors (Lipinski definition) is 1. The van der Waals surface area contributed by atoms with E-state index in [0.29, 0.717) is 23.9 Å². The molecule has 0 aliphatic rings. The smallest absolute Gasteiger partial charge is 0.175 e. The van der Waals surface area contributed by atoms with E-state index < -0.39 is 9.84 Å². The molecule has 0 saturated carbocycles. The summed E-state index contributed by atoms with van der Waals surface area (Å²) in [6, 6.07) is 13.8. The molecule has 0 bridgehead atoms. The van der Waals surface area contributed by atoms with Crippen molar-refractivity contribution < 1.29 is 13.2 Å². The van der Waals surface area contributed by atoms with Crippen molar-refractivity contribution in [3.8, 4) is 5.75 Å². The number of anilines is 1. The van der Waals surface area contributed by atoms with Crippen LogP contribution in [0.15, 0.2) is 53.4 Å². The van der Waals surface area contributed by atoms with Gasteiger partial charge < -0.3 is 10.1 Å². The quantitative estimate of drug-likeness (QED) is 0.828. The molecule has 2 aromatic carbocycles. The molecule has 0 unspecified atom stereocenters. The maximum Gasteiger partial charge on any atom is 0.175 e. The van der Waals surface area contributed by atoms with Crippen LogP contribution in [0.2, 0.25) is 5.02 Å². The molecule has 2 aromatic rings. The van der Waals surface area contributed by atoms with Crippen molar-refractivity contribution >= 4 is 27.1 Å². The topological polar surface area (TPSA) is 55.4 Å². The largest absolute Gasteiger partial charge is 0.492 e. The van der Waals surface area contributed by atoms with E-state index in [1.165, 1.54) is 18.4 Å². The van der Waals surface area contributed by atoms with E-state index in [1.54, 1.807) is 12.1 Å². The van der Waals surface area contributed by atoms with Gasteiger partial charge in [0.2, 0.25) is 0 Å². The summed E-state index contributed by atoms with van der Waals surface area (Å²) in [6.45, 7) is 1.11. The second-order valence-corrected chi connectivity index (χ2v) is 6.98. The Morgan fingerprint density at radius 2 is 1.67 bits per heavy atom. The van der Waals surface area contributed by atoms with Gasteiger partial charge in [0.05, 0.1) is 4.90 Å². The third-order valence-corrected chi connectivity index (χ3v) is 4.18. The molecule has 0 heterocycles. The van der Waals surface area contributed by atoms with Crippen LogP contribution in [0.5, 0.6) is 5.75 Å². The Morgan fingerprint density at radius 1 is 1.05 bits per heavy atom. The third-order valence-electron chi connectivity index (χ3n) is 2.80. The van der Waals surface area contributed by atoms with Crippen molar-refractivity contribution in [3.05, 3.63) is 53.6 Å². The number of benzene rings is 2. The second kappa shape index (κ2) is 6.83. The Morgan fingerprint density at radius 3 is 2.24 bits per heavy atom. The molecule has 0 atom stereocenters. The number of nitrogens with one attached hydrogen (secondary N) is 1. The zero-order valence-electron chi connectivity index (χ0n) is 11.5. The summed E-state index contributed by atoms with van der Waals surface area (Å²) in [4.78, 5) is 0.286. The van der Waals surface area contributed by atoms with Gasteiger partial charge in [-0.3, -0.25) is 0 Å². The summed E-state index contributed by atoms with van der Waals surface area (Å²) in [6.07, 6.45) is 1.18. The van der Waals surface area contributed by atoms with Crippen LogP contribution < -0.4 is 10.1 Å². The third kappa shape index (κ3) is 4.95. The fraction of sp³-hybridized carbons (Fsp3) is 0.200. The first kappa shape index (κ1) is 15.7. The van der Waals surface area contributed by atoms with Crippen molar-refractivity contribution in [3.63, 3.8) is 0 Å². The van der Waals surface area contributed by atoms with Crippen molar-refractivity contribution in [2.75, 3.05) is 24.7 Å². The molecule has 21 heavy (non-hydrogen) atoms. The number of hydrogen-bond acceptors (Lipinski definition) is 4. The molecule has 0 amide bonds. The minimum absolute atomic E-state index is 0.286. The molecular weight excluding hydrogens is 310 g/mol. The van der Waals surface area contributed by atoms with Gasteiger partial charge in [0, 0.05) is 23.5 Å². The van der Waals surface area contributed by atoms with E-state index in [-0.39, 0.29) is 4.90 Å². The second-order valence-electron chi connectivity index (χ2n) is 4.53. The van der Waals surface area contributed by atoms with E-state index in [4.69, 9.17) is 16.3 Å². The number of ether oxygens (including phenoxy) is 1. The Kier molecular flexibility index (Phi) is 5.09. The highest BCUT2D eigenvalue weighted by Gasteiger charge is 2.06. The zero-order chi connectivity index (χ0) is 15.3. The molecule has 0 fully saturated rings. The van der Waals surface area contributed by atoms with E-state index in [9.17, 15) is 8.42 Å². The molecule has 6 heteroatoms. The first-order valence-electron chi connectivity index (χ1n) is 6.37. The zero-order valence-corrected chi connectivity index (χ0v) is 13.1. The lowest BCUT2D eigenvalue weighted by atomic mass is 10.3. The summed E-state index contributed by atoms with van der Waals surface area (Å²) in [5.74, 6) is 0.639. The van der Waals surface area contributed by atoms with Crippen LogP contribution in [0, 0.1) is 0 Å². The molecule has 2 rings (SSSR count). The fourth-order valence-electron chi connectivity index (χ4n) is 1.72. The van der Waals surface area contributed by atoms with E-state index in [2.05, 4.69) is 5.32 Å². The van der Waals surface area contributed by atoms with Crippen molar-refractivity contribution in [1.82, 2.24) is 0 Å². The van der Waals surface area contributed by atoms with Gasteiger partial charge in [-0.25, -0.2) is 8.42 Å². The SMILES string of the molecule is CS(=O)(=O)c1ccc(OCCNc2ccc(Cl)cc2)cc1. The number of sulfone groups is 1. The molecule has 0 aromatic heterocycles. The normalized spacial score (nSPS) is 11.1. The molecule has 112 valence electrons. The van der Waals surface area contributed by atoms with Crippen molar-refractivity contribution in [2.24, 2.45) is 0 Å². The molecule has 4 nitrogen and oxygen atoms in total. The molecular formula is C15H16ClNO3S. The first-order valence-corrected chi connectivity index (χ1v) is 8.64. The maximum absolute atomic E-state index is 11.3. The Hall–Kier alpha value is -1.72. The Balaban J connectivity index is 1.80. The molecule has 0 radical (unpaired) electrons. The van der Waals surface area contributed by atoms with E-state index in [0.717, 1.165) is 5.69 Å². The Labute approximate surface area is 129 Å². The van der Waals surface area contributed by atoms with Crippen LogP contribution in [0.25, 0.3) is 0 Å². The van der Waals surface area contributed by atoms with Crippen LogP contribution in [-0.4, -0.2) is 27.8 Å². The summed E-state index contributed by atoms with van der Waals surface area (Å²) in [5, 5.41) is 3.90. The average molecular weight is 326 g/mol. The maximum atomic E-state index is 11.3.